The second-order valence-electron chi connectivity index (χ2n) is 6.59. The number of rotatable bonds is 4. The molecule has 0 unspecified atom stereocenters. The van der Waals surface area contributed by atoms with Crippen molar-refractivity contribution in [3.05, 3.63) is 58.6 Å². The Balaban J connectivity index is 1.98. The number of hydrogen-bond donors (Lipinski definition) is 0. The van der Waals surface area contributed by atoms with Crippen molar-refractivity contribution in [2.75, 3.05) is 11.4 Å². The smallest absolute Gasteiger partial charge is 0.0458 e. The Hall–Kier alpha value is -1.47. The molecule has 0 atom stereocenters. The summed E-state index contributed by atoms with van der Waals surface area (Å²) in [5, 5.41) is 0.826. The number of halogens is 1. The average molecular weight is 314 g/mol. The molecule has 0 N–H and O–H groups in total. The van der Waals surface area contributed by atoms with Gasteiger partial charge < -0.3 is 4.90 Å². The maximum atomic E-state index is 6.28. The molecule has 0 aromatic heterocycles. The third kappa shape index (κ3) is 3.30. The average Bonchev–Trinajstić information content (AvgIpc) is 2.65. The summed E-state index contributed by atoms with van der Waals surface area (Å²) >= 11 is 6.28. The van der Waals surface area contributed by atoms with Crippen LogP contribution >= 0.6 is 11.6 Å². The highest BCUT2D eigenvalue weighted by molar-refractivity contribution is 6.30. The van der Waals surface area contributed by atoms with E-state index in [0.29, 0.717) is 0 Å². The minimum Gasteiger partial charge on any atom is -0.341 e. The van der Waals surface area contributed by atoms with E-state index in [1.165, 1.54) is 35.3 Å². The van der Waals surface area contributed by atoms with Crippen LogP contribution in [-0.2, 0) is 12.8 Å². The molecule has 0 aliphatic carbocycles. The Labute approximate surface area is 138 Å². The maximum Gasteiger partial charge on any atom is 0.0458 e. The lowest BCUT2D eigenvalue weighted by molar-refractivity contribution is 0.559. The van der Waals surface area contributed by atoms with Crippen LogP contribution in [0.3, 0.4) is 0 Å². The normalized spacial score (nSPS) is 13.7. The topological polar surface area (TPSA) is 3.24 Å². The molecule has 116 valence electrons. The lowest BCUT2D eigenvalue weighted by Gasteiger charge is -2.27. The Morgan fingerprint density at radius 3 is 2.50 bits per heavy atom. The minimum absolute atomic E-state index is 0.751. The quantitative estimate of drug-likeness (QED) is 0.667. The van der Waals surface area contributed by atoms with E-state index in [2.05, 4.69) is 55.1 Å². The Bertz CT molecular complexity index is 648. The fraction of sp³-hybridized carbons (Fsp3) is 0.400. The summed E-state index contributed by atoms with van der Waals surface area (Å²) in [4.78, 5) is 2.48. The number of anilines is 2. The summed E-state index contributed by atoms with van der Waals surface area (Å²) in [6.07, 6.45) is 4.65. The first-order valence-corrected chi connectivity index (χ1v) is 8.67. The fourth-order valence-corrected chi connectivity index (χ4v) is 3.45. The molecular formula is C20H24ClN. The fourth-order valence-electron chi connectivity index (χ4n) is 3.28. The van der Waals surface area contributed by atoms with Gasteiger partial charge in [-0.15, -0.1) is 0 Å². The highest BCUT2D eigenvalue weighted by atomic mass is 35.5. The van der Waals surface area contributed by atoms with Gasteiger partial charge in [0.2, 0.25) is 0 Å². The molecule has 0 saturated heterocycles. The van der Waals surface area contributed by atoms with Crippen LogP contribution < -0.4 is 4.90 Å². The van der Waals surface area contributed by atoms with Crippen LogP contribution in [0.15, 0.2) is 42.5 Å². The molecule has 1 aliphatic heterocycles. The van der Waals surface area contributed by atoms with Crippen molar-refractivity contribution in [3.8, 4) is 0 Å². The molecular weight excluding hydrogens is 290 g/mol. The van der Waals surface area contributed by atoms with E-state index in [1.807, 2.05) is 6.07 Å². The Morgan fingerprint density at radius 1 is 1.00 bits per heavy atom. The van der Waals surface area contributed by atoms with Gasteiger partial charge in [-0.2, -0.15) is 0 Å². The first-order chi connectivity index (χ1) is 10.6. The molecule has 0 saturated carbocycles. The summed E-state index contributed by atoms with van der Waals surface area (Å²) in [7, 11) is 0. The maximum absolute atomic E-state index is 6.28. The summed E-state index contributed by atoms with van der Waals surface area (Å²) in [6.45, 7) is 5.64. The van der Waals surface area contributed by atoms with Crippen molar-refractivity contribution in [2.45, 2.75) is 39.5 Å². The third-order valence-electron chi connectivity index (χ3n) is 4.45. The van der Waals surface area contributed by atoms with Crippen molar-refractivity contribution in [1.82, 2.24) is 0 Å². The molecule has 0 amide bonds. The molecule has 0 spiro atoms. The van der Waals surface area contributed by atoms with Crippen LogP contribution in [0.5, 0.6) is 0 Å². The van der Waals surface area contributed by atoms with Gasteiger partial charge in [0.1, 0.15) is 0 Å². The van der Waals surface area contributed by atoms with Gasteiger partial charge in [-0.3, -0.25) is 0 Å². The zero-order valence-corrected chi connectivity index (χ0v) is 14.2. The molecule has 2 aromatic carbocycles. The Morgan fingerprint density at radius 2 is 1.73 bits per heavy atom. The number of fused-ring (bicyclic) bond motifs is 2. The SMILES string of the molecule is CC(C)CCCN1c2ccccc2CCc2ccc(Cl)cc21. The summed E-state index contributed by atoms with van der Waals surface area (Å²) in [5.41, 5.74) is 5.50. The number of benzene rings is 2. The van der Waals surface area contributed by atoms with Crippen LogP contribution in [0, 0.1) is 5.92 Å². The van der Waals surface area contributed by atoms with Crippen molar-refractivity contribution in [1.29, 1.82) is 0 Å². The molecule has 1 heterocycles. The van der Waals surface area contributed by atoms with Gasteiger partial charge in [0.15, 0.2) is 0 Å². The van der Waals surface area contributed by atoms with E-state index in [1.54, 1.807) is 0 Å². The van der Waals surface area contributed by atoms with Gasteiger partial charge in [0.05, 0.1) is 0 Å². The highest BCUT2D eigenvalue weighted by Gasteiger charge is 2.20. The molecule has 2 aromatic rings. The predicted octanol–water partition coefficient (Wildman–Crippen LogP) is 6.01. The van der Waals surface area contributed by atoms with Gasteiger partial charge in [-0.05, 0) is 60.9 Å². The third-order valence-corrected chi connectivity index (χ3v) is 4.68. The van der Waals surface area contributed by atoms with Gasteiger partial charge in [0, 0.05) is 22.9 Å². The number of para-hydroxylation sites is 1. The van der Waals surface area contributed by atoms with Gasteiger partial charge >= 0.3 is 0 Å². The lowest BCUT2D eigenvalue weighted by Crippen LogP contribution is -2.20. The molecule has 1 aliphatic rings. The second-order valence-corrected chi connectivity index (χ2v) is 7.03. The van der Waals surface area contributed by atoms with Crippen LogP contribution in [0.25, 0.3) is 0 Å². The van der Waals surface area contributed by atoms with Crippen LogP contribution in [0.4, 0.5) is 11.4 Å². The van der Waals surface area contributed by atoms with E-state index in [-0.39, 0.29) is 0 Å². The standard InChI is InChI=1S/C20H24ClN/c1-15(2)6-5-13-22-19-8-4-3-7-16(19)9-10-17-11-12-18(21)14-20(17)22/h3-4,7-8,11-12,14-15H,5-6,9-10,13H2,1-2H3. The van der Waals surface area contributed by atoms with Crippen molar-refractivity contribution in [2.24, 2.45) is 5.92 Å². The number of nitrogens with zero attached hydrogens (tertiary/aromatic N) is 1. The van der Waals surface area contributed by atoms with E-state index in [0.717, 1.165) is 30.3 Å². The zero-order chi connectivity index (χ0) is 15.5. The summed E-state index contributed by atoms with van der Waals surface area (Å²) in [5.74, 6) is 0.751. The summed E-state index contributed by atoms with van der Waals surface area (Å²) < 4.78 is 0. The lowest BCUT2D eigenvalue weighted by atomic mass is 10.0. The molecule has 0 fully saturated rings. The van der Waals surface area contributed by atoms with Crippen molar-refractivity contribution < 1.29 is 0 Å². The van der Waals surface area contributed by atoms with E-state index < -0.39 is 0 Å². The second kappa shape index (κ2) is 6.75. The Kier molecular flexibility index (Phi) is 4.73. The van der Waals surface area contributed by atoms with Crippen LogP contribution in [0.1, 0.15) is 37.8 Å². The zero-order valence-electron chi connectivity index (χ0n) is 13.5. The first-order valence-electron chi connectivity index (χ1n) is 8.29. The molecule has 22 heavy (non-hydrogen) atoms. The van der Waals surface area contributed by atoms with Gasteiger partial charge in [-0.1, -0.05) is 49.7 Å². The minimum atomic E-state index is 0.751. The van der Waals surface area contributed by atoms with Gasteiger partial charge in [0.25, 0.3) is 0 Å². The van der Waals surface area contributed by atoms with Crippen molar-refractivity contribution >= 4 is 23.0 Å². The molecule has 2 heteroatoms. The van der Waals surface area contributed by atoms with E-state index in [9.17, 15) is 0 Å². The molecule has 0 bridgehead atoms. The number of aryl methyl sites for hydroxylation is 2. The highest BCUT2D eigenvalue weighted by Crippen LogP contribution is 2.37. The van der Waals surface area contributed by atoms with Crippen molar-refractivity contribution in [3.63, 3.8) is 0 Å². The van der Waals surface area contributed by atoms with Crippen LogP contribution in [0.2, 0.25) is 5.02 Å². The molecule has 0 radical (unpaired) electrons. The largest absolute Gasteiger partial charge is 0.341 e. The molecule has 3 rings (SSSR count). The number of hydrogen-bond acceptors (Lipinski definition) is 1. The predicted molar refractivity (Wildman–Crippen MR) is 96.4 cm³/mol. The summed E-state index contributed by atoms with van der Waals surface area (Å²) in [6, 6.07) is 15.1. The molecule has 1 nitrogen and oxygen atoms in total. The first kappa shape index (κ1) is 15.4. The van der Waals surface area contributed by atoms with E-state index in [4.69, 9.17) is 11.6 Å². The van der Waals surface area contributed by atoms with Gasteiger partial charge in [-0.25, -0.2) is 0 Å². The monoisotopic (exact) mass is 313 g/mol. The van der Waals surface area contributed by atoms with Crippen LogP contribution in [-0.4, -0.2) is 6.54 Å². The van der Waals surface area contributed by atoms with E-state index >= 15 is 0 Å².